The first-order valence-corrected chi connectivity index (χ1v) is 6.27. The second-order valence-electron chi connectivity index (χ2n) is 4.97. The predicted molar refractivity (Wildman–Crippen MR) is 68.7 cm³/mol. The first-order valence-electron chi connectivity index (χ1n) is 6.27. The number of hydrogen-bond acceptors (Lipinski definition) is 3. The second-order valence-corrected chi connectivity index (χ2v) is 4.97. The van der Waals surface area contributed by atoms with Crippen LogP contribution in [0.25, 0.3) is 0 Å². The topological polar surface area (TPSA) is 58.6 Å². The van der Waals surface area contributed by atoms with E-state index in [0.717, 1.165) is 31.6 Å². The number of hydrogen-bond donors (Lipinski definition) is 2. The molecule has 1 aromatic carbocycles. The highest BCUT2D eigenvalue weighted by Gasteiger charge is 2.29. The van der Waals surface area contributed by atoms with Gasteiger partial charge < -0.3 is 15.2 Å². The van der Waals surface area contributed by atoms with Gasteiger partial charge >= 0.3 is 5.97 Å². The number of benzene rings is 1. The SMILES string of the molecule is CC1(CNCc2ccccc2C(=O)O)CCCO1. The third-order valence-corrected chi connectivity index (χ3v) is 3.36. The maximum absolute atomic E-state index is 11.1. The first kappa shape index (κ1) is 13.1. The molecule has 1 aliphatic rings. The third kappa shape index (κ3) is 3.09. The van der Waals surface area contributed by atoms with Gasteiger partial charge in [0.25, 0.3) is 0 Å². The van der Waals surface area contributed by atoms with E-state index >= 15 is 0 Å². The highest BCUT2D eigenvalue weighted by atomic mass is 16.5. The summed E-state index contributed by atoms with van der Waals surface area (Å²) in [4.78, 5) is 11.1. The molecule has 1 unspecified atom stereocenters. The summed E-state index contributed by atoms with van der Waals surface area (Å²) in [5.74, 6) is -0.879. The van der Waals surface area contributed by atoms with Gasteiger partial charge in [0.2, 0.25) is 0 Å². The van der Waals surface area contributed by atoms with Crippen molar-refractivity contribution in [3.8, 4) is 0 Å². The average molecular weight is 249 g/mol. The molecule has 18 heavy (non-hydrogen) atoms. The van der Waals surface area contributed by atoms with Crippen LogP contribution in [0.3, 0.4) is 0 Å². The van der Waals surface area contributed by atoms with E-state index in [1.807, 2.05) is 12.1 Å². The molecule has 0 spiro atoms. The highest BCUT2D eigenvalue weighted by Crippen LogP contribution is 2.24. The van der Waals surface area contributed by atoms with Crippen LogP contribution in [-0.2, 0) is 11.3 Å². The van der Waals surface area contributed by atoms with Crippen LogP contribution in [0.1, 0.15) is 35.7 Å². The third-order valence-electron chi connectivity index (χ3n) is 3.36. The molecule has 2 N–H and O–H groups in total. The van der Waals surface area contributed by atoms with Gasteiger partial charge in [-0.1, -0.05) is 18.2 Å². The van der Waals surface area contributed by atoms with E-state index in [1.165, 1.54) is 0 Å². The summed E-state index contributed by atoms with van der Waals surface area (Å²) in [6.07, 6.45) is 2.16. The van der Waals surface area contributed by atoms with Gasteiger partial charge in [-0.25, -0.2) is 4.79 Å². The van der Waals surface area contributed by atoms with Crippen LogP contribution >= 0.6 is 0 Å². The standard InChI is InChI=1S/C14H19NO3/c1-14(7-4-8-18-14)10-15-9-11-5-2-3-6-12(11)13(16)17/h2-3,5-6,15H,4,7-10H2,1H3,(H,16,17). The Balaban J connectivity index is 1.92. The summed E-state index contributed by atoms with van der Waals surface area (Å²) in [5.41, 5.74) is 1.08. The fourth-order valence-electron chi connectivity index (χ4n) is 2.32. The van der Waals surface area contributed by atoms with Gasteiger partial charge in [0.1, 0.15) is 0 Å². The minimum absolute atomic E-state index is 0.0990. The van der Waals surface area contributed by atoms with Crippen LogP contribution in [0, 0.1) is 0 Å². The molecule has 1 aliphatic heterocycles. The summed E-state index contributed by atoms with van der Waals surface area (Å²) in [6, 6.07) is 7.08. The van der Waals surface area contributed by atoms with E-state index in [9.17, 15) is 4.79 Å². The van der Waals surface area contributed by atoms with E-state index in [4.69, 9.17) is 9.84 Å². The van der Waals surface area contributed by atoms with Gasteiger partial charge in [0.15, 0.2) is 0 Å². The molecule has 1 aromatic rings. The normalized spacial score (nSPS) is 23.2. The molecular formula is C14H19NO3. The summed E-state index contributed by atoms with van der Waals surface area (Å²) >= 11 is 0. The zero-order chi connectivity index (χ0) is 13.0. The molecular weight excluding hydrogens is 230 g/mol. The molecule has 0 bridgehead atoms. The summed E-state index contributed by atoms with van der Waals surface area (Å²) in [7, 11) is 0. The molecule has 2 rings (SSSR count). The Kier molecular flexibility index (Phi) is 3.99. The van der Waals surface area contributed by atoms with Crippen molar-refractivity contribution < 1.29 is 14.6 Å². The predicted octanol–water partition coefficient (Wildman–Crippen LogP) is 2.04. The Bertz CT molecular complexity index is 425. The maximum atomic E-state index is 11.1. The van der Waals surface area contributed by atoms with E-state index in [0.29, 0.717) is 12.1 Å². The Morgan fingerprint density at radius 2 is 2.28 bits per heavy atom. The smallest absolute Gasteiger partial charge is 0.336 e. The average Bonchev–Trinajstić information content (AvgIpc) is 2.77. The fourth-order valence-corrected chi connectivity index (χ4v) is 2.32. The number of rotatable bonds is 5. The van der Waals surface area contributed by atoms with E-state index in [2.05, 4.69) is 12.2 Å². The zero-order valence-corrected chi connectivity index (χ0v) is 10.6. The van der Waals surface area contributed by atoms with Crippen LogP contribution < -0.4 is 5.32 Å². The van der Waals surface area contributed by atoms with Gasteiger partial charge in [0, 0.05) is 19.7 Å². The lowest BCUT2D eigenvalue weighted by Gasteiger charge is -2.23. The molecule has 1 fully saturated rings. The molecule has 4 heteroatoms. The number of carboxylic acid groups (broad SMARTS) is 1. The Labute approximate surface area is 107 Å². The molecule has 1 heterocycles. The van der Waals surface area contributed by atoms with E-state index < -0.39 is 5.97 Å². The van der Waals surface area contributed by atoms with Crippen molar-refractivity contribution in [3.63, 3.8) is 0 Å². The number of carboxylic acids is 1. The lowest BCUT2D eigenvalue weighted by Crippen LogP contribution is -2.37. The van der Waals surface area contributed by atoms with Crippen LogP contribution in [0.2, 0.25) is 0 Å². The van der Waals surface area contributed by atoms with Crippen molar-refractivity contribution in [2.45, 2.75) is 31.9 Å². The summed E-state index contributed by atoms with van der Waals surface area (Å²) < 4.78 is 5.68. The first-order chi connectivity index (χ1) is 8.61. The molecule has 4 nitrogen and oxygen atoms in total. The lowest BCUT2D eigenvalue weighted by molar-refractivity contribution is 0.0207. The fraction of sp³-hybridized carbons (Fsp3) is 0.500. The van der Waals surface area contributed by atoms with Gasteiger partial charge in [0.05, 0.1) is 11.2 Å². The minimum Gasteiger partial charge on any atom is -0.478 e. The molecule has 0 radical (unpaired) electrons. The van der Waals surface area contributed by atoms with Crippen molar-refractivity contribution in [1.29, 1.82) is 0 Å². The van der Waals surface area contributed by atoms with Crippen molar-refractivity contribution >= 4 is 5.97 Å². The molecule has 0 saturated carbocycles. The number of aromatic carboxylic acids is 1. The lowest BCUT2D eigenvalue weighted by atomic mass is 10.0. The molecule has 0 amide bonds. The Hall–Kier alpha value is -1.39. The Morgan fingerprint density at radius 3 is 2.94 bits per heavy atom. The van der Waals surface area contributed by atoms with Gasteiger partial charge in [-0.15, -0.1) is 0 Å². The van der Waals surface area contributed by atoms with Crippen LogP contribution in [0.15, 0.2) is 24.3 Å². The van der Waals surface area contributed by atoms with Crippen LogP contribution in [0.5, 0.6) is 0 Å². The van der Waals surface area contributed by atoms with Crippen molar-refractivity contribution in [1.82, 2.24) is 5.32 Å². The molecule has 0 aromatic heterocycles. The Morgan fingerprint density at radius 1 is 1.50 bits per heavy atom. The van der Waals surface area contributed by atoms with Gasteiger partial charge in [-0.05, 0) is 31.4 Å². The number of nitrogens with one attached hydrogen (secondary N) is 1. The molecule has 98 valence electrons. The van der Waals surface area contributed by atoms with E-state index in [-0.39, 0.29) is 5.60 Å². The van der Waals surface area contributed by atoms with Crippen molar-refractivity contribution in [3.05, 3.63) is 35.4 Å². The largest absolute Gasteiger partial charge is 0.478 e. The minimum atomic E-state index is -0.879. The summed E-state index contributed by atoms with van der Waals surface area (Å²) in [5, 5.41) is 12.4. The summed E-state index contributed by atoms with van der Waals surface area (Å²) in [6.45, 7) is 4.22. The van der Waals surface area contributed by atoms with Crippen LogP contribution in [0.4, 0.5) is 0 Å². The molecule has 0 aliphatic carbocycles. The highest BCUT2D eigenvalue weighted by molar-refractivity contribution is 5.89. The van der Waals surface area contributed by atoms with Gasteiger partial charge in [-0.3, -0.25) is 0 Å². The zero-order valence-electron chi connectivity index (χ0n) is 10.6. The molecule has 1 saturated heterocycles. The monoisotopic (exact) mass is 249 g/mol. The quantitative estimate of drug-likeness (QED) is 0.838. The second kappa shape index (κ2) is 5.50. The number of ether oxygens (including phenoxy) is 1. The van der Waals surface area contributed by atoms with Crippen molar-refractivity contribution in [2.75, 3.05) is 13.2 Å². The van der Waals surface area contributed by atoms with Crippen molar-refractivity contribution in [2.24, 2.45) is 0 Å². The van der Waals surface area contributed by atoms with Gasteiger partial charge in [-0.2, -0.15) is 0 Å². The van der Waals surface area contributed by atoms with Crippen LogP contribution in [-0.4, -0.2) is 29.8 Å². The molecule has 1 atom stereocenters. The maximum Gasteiger partial charge on any atom is 0.336 e. The number of carbonyl (C=O) groups is 1. The van der Waals surface area contributed by atoms with E-state index in [1.54, 1.807) is 12.1 Å².